The van der Waals surface area contributed by atoms with Gasteiger partial charge in [-0.25, -0.2) is 8.42 Å². The van der Waals surface area contributed by atoms with Crippen molar-refractivity contribution in [3.05, 3.63) is 28.8 Å². The SMILES string of the molecule is CCc1c(C(=O)Cl)ccc(C2CC2)c1S(=O)(=O)C1CC1. The standard InChI is InChI=1S/C15H17ClO3S/c1-2-11-13(15(16)17)8-7-12(9-3-4-9)14(11)20(18,19)10-5-6-10/h7-10H,2-6H2,1H3. The fourth-order valence-corrected chi connectivity index (χ4v) is 5.21. The zero-order chi connectivity index (χ0) is 14.5. The molecule has 0 heterocycles. The van der Waals surface area contributed by atoms with E-state index in [-0.39, 0.29) is 5.25 Å². The van der Waals surface area contributed by atoms with Gasteiger partial charge in [-0.2, -0.15) is 0 Å². The maximum absolute atomic E-state index is 12.7. The van der Waals surface area contributed by atoms with Gasteiger partial charge >= 0.3 is 0 Å². The molecule has 0 radical (unpaired) electrons. The highest BCUT2D eigenvalue weighted by Crippen LogP contribution is 2.47. The first-order valence-corrected chi connectivity index (χ1v) is 8.98. The first kappa shape index (κ1) is 14.1. The Hall–Kier alpha value is -0.870. The second-order valence-electron chi connectivity index (χ2n) is 5.66. The first-order chi connectivity index (χ1) is 9.46. The smallest absolute Gasteiger partial charge is 0.252 e. The normalized spacial score (nSPS) is 19.1. The lowest BCUT2D eigenvalue weighted by Gasteiger charge is -2.16. The molecule has 3 nitrogen and oxygen atoms in total. The number of carbonyl (C=O) groups is 1. The molecule has 2 saturated carbocycles. The molecule has 3 rings (SSSR count). The van der Waals surface area contributed by atoms with Crippen LogP contribution in [0.2, 0.25) is 0 Å². The van der Waals surface area contributed by atoms with Crippen LogP contribution >= 0.6 is 11.6 Å². The zero-order valence-electron chi connectivity index (χ0n) is 11.4. The predicted octanol–water partition coefficient (Wildman–Crippen LogP) is 3.44. The summed E-state index contributed by atoms with van der Waals surface area (Å²) in [5.74, 6) is 0.336. The van der Waals surface area contributed by atoms with Crippen LogP contribution in [-0.4, -0.2) is 18.9 Å². The van der Waals surface area contributed by atoms with E-state index >= 15 is 0 Å². The van der Waals surface area contributed by atoms with Crippen LogP contribution in [0.15, 0.2) is 17.0 Å². The van der Waals surface area contributed by atoms with Crippen molar-refractivity contribution in [1.82, 2.24) is 0 Å². The van der Waals surface area contributed by atoms with E-state index in [4.69, 9.17) is 11.6 Å². The van der Waals surface area contributed by atoms with Crippen molar-refractivity contribution < 1.29 is 13.2 Å². The summed E-state index contributed by atoms with van der Waals surface area (Å²) >= 11 is 5.62. The van der Waals surface area contributed by atoms with Crippen molar-refractivity contribution in [2.45, 2.75) is 55.1 Å². The predicted molar refractivity (Wildman–Crippen MR) is 78.2 cm³/mol. The molecule has 0 aromatic heterocycles. The largest absolute Gasteiger partial charge is 0.276 e. The summed E-state index contributed by atoms with van der Waals surface area (Å²) in [5, 5.41) is -0.831. The summed E-state index contributed by atoms with van der Waals surface area (Å²) in [6.45, 7) is 1.88. The highest BCUT2D eigenvalue weighted by atomic mass is 35.5. The number of hydrogen-bond acceptors (Lipinski definition) is 3. The molecular formula is C15H17ClO3S. The van der Waals surface area contributed by atoms with E-state index in [2.05, 4.69) is 0 Å². The summed E-state index contributed by atoms with van der Waals surface area (Å²) in [5.41, 5.74) is 1.86. The maximum atomic E-state index is 12.7. The van der Waals surface area contributed by atoms with E-state index in [1.807, 2.05) is 6.92 Å². The molecule has 108 valence electrons. The van der Waals surface area contributed by atoms with Crippen LogP contribution < -0.4 is 0 Å². The van der Waals surface area contributed by atoms with Crippen molar-refractivity contribution in [2.75, 3.05) is 0 Å². The minimum absolute atomic E-state index is 0.258. The highest BCUT2D eigenvalue weighted by molar-refractivity contribution is 7.92. The molecule has 5 heteroatoms. The van der Waals surface area contributed by atoms with E-state index in [1.54, 1.807) is 12.1 Å². The molecule has 0 unspecified atom stereocenters. The molecule has 20 heavy (non-hydrogen) atoms. The molecule has 0 spiro atoms. The van der Waals surface area contributed by atoms with Gasteiger partial charge in [0.1, 0.15) is 0 Å². The Bertz CT molecular complexity index is 671. The maximum Gasteiger partial charge on any atom is 0.252 e. The third-order valence-electron chi connectivity index (χ3n) is 4.12. The zero-order valence-corrected chi connectivity index (χ0v) is 12.9. The average Bonchev–Trinajstić information content (AvgIpc) is 3.29. The molecule has 0 atom stereocenters. The van der Waals surface area contributed by atoms with Gasteiger partial charge < -0.3 is 0 Å². The number of rotatable bonds is 5. The molecule has 0 saturated heterocycles. The summed E-state index contributed by atoms with van der Waals surface area (Å²) in [6, 6.07) is 3.48. The van der Waals surface area contributed by atoms with Gasteiger partial charge in [0, 0.05) is 5.56 Å². The van der Waals surface area contributed by atoms with Crippen LogP contribution in [-0.2, 0) is 16.3 Å². The van der Waals surface area contributed by atoms with Crippen molar-refractivity contribution in [1.29, 1.82) is 0 Å². The van der Waals surface area contributed by atoms with Gasteiger partial charge in [-0.3, -0.25) is 4.79 Å². The quantitative estimate of drug-likeness (QED) is 0.783. The lowest BCUT2D eigenvalue weighted by Crippen LogP contribution is -2.15. The molecule has 2 fully saturated rings. The van der Waals surface area contributed by atoms with Crippen molar-refractivity contribution in [2.24, 2.45) is 0 Å². The molecule has 0 N–H and O–H groups in total. The summed E-state index contributed by atoms with van der Waals surface area (Å²) in [6.07, 6.45) is 4.04. The van der Waals surface area contributed by atoms with Gasteiger partial charge in [0.2, 0.25) is 0 Å². The number of halogens is 1. The van der Waals surface area contributed by atoms with Crippen LogP contribution in [0, 0.1) is 0 Å². The molecule has 1 aromatic carbocycles. The molecule has 2 aliphatic rings. The molecule has 0 aliphatic heterocycles. The Kier molecular flexibility index (Phi) is 3.41. The highest BCUT2D eigenvalue weighted by Gasteiger charge is 2.42. The van der Waals surface area contributed by atoms with Crippen LogP contribution in [0.3, 0.4) is 0 Å². The van der Waals surface area contributed by atoms with E-state index in [1.165, 1.54) is 0 Å². The van der Waals surface area contributed by atoms with Crippen LogP contribution in [0.1, 0.15) is 60.0 Å². The van der Waals surface area contributed by atoms with Crippen LogP contribution in [0.25, 0.3) is 0 Å². The summed E-state index contributed by atoms with van der Waals surface area (Å²) < 4.78 is 25.5. The average molecular weight is 313 g/mol. The monoisotopic (exact) mass is 312 g/mol. The van der Waals surface area contributed by atoms with Crippen molar-refractivity contribution in [3.63, 3.8) is 0 Å². The van der Waals surface area contributed by atoms with E-state index in [0.717, 1.165) is 31.2 Å². The van der Waals surface area contributed by atoms with E-state index in [0.29, 0.717) is 28.4 Å². The number of benzene rings is 1. The van der Waals surface area contributed by atoms with Gasteiger partial charge in [0.15, 0.2) is 9.84 Å². The number of carbonyl (C=O) groups excluding carboxylic acids is 1. The summed E-state index contributed by atoms with van der Waals surface area (Å²) in [4.78, 5) is 12.0. The lowest BCUT2D eigenvalue weighted by atomic mass is 10.00. The van der Waals surface area contributed by atoms with Crippen molar-refractivity contribution >= 4 is 26.7 Å². The Morgan fingerprint density at radius 2 is 1.90 bits per heavy atom. The Labute approximate surface area is 124 Å². The minimum atomic E-state index is -3.31. The lowest BCUT2D eigenvalue weighted by molar-refractivity contribution is 0.108. The summed E-state index contributed by atoms with van der Waals surface area (Å²) in [7, 11) is -3.31. The van der Waals surface area contributed by atoms with E-state index < -0.39 is 15.1 Å². The fraction of sp³-hybridized carbons (Fsp3) is 0.533. The van der Waals surface area contributed by atoms with Gasteiger partial charge in [0.25, 0.3) is 5.24 Å². The van der Waals surface area contributed by atoms with Crippen LogP contribution in [0.4, 0.5) is 0 Å². The minimum Gasteiger partial charge on any atom is -0.276 e. The second-order valence-corrected chi connectivity index (χ2v) is 8.16. The Morgan fingerprint density at radius 1 is 1.25 bits per heavy atom. The Balaban J connectivity index is 2.26. The van der Waals surface area contributed by atoms with Gasteiger partial charge in [-0.15, -0.1) is 0 Å². The Morgan fingerprint density at radius 3 is 2.35 bits per heavy atom. The third-order valence-corrected chi connectivity index (χ3v) is 6.72. The fourth-order valence-electron chi connectivity index (χ4n) is 2.78. The number of sulfone groups is 1. The number of hydrogen-bond donors (Lipinski definition) is 0. The molecular weight excluding hydrogens is 296 g/mol. The van der Waals surface area contributed by atoms with Gasteiger partial charge in [-0.1, -0.05) is 13.0 Å². The van der Waals surface area contributed by atoms with E-state index in [9.17, 15) is 13.2 Å². The van der Waals surface area contributed by atoms with Crippen molar-refractivity contribution in [3.8, 4) is 0 Å². The third kappa shape index (κ3) is 2.29. The van der Waals surface area contributed by atoms with Gasteiger partial charge in [-0.05, 0) is 66.8 Å². The molecule has 2 aliphatic carbocycles. The topological polar surface area (TPSA) is 51.2 Å². The van der Waals surface area contributed by atoms with Crippen LogP contribution in [0.5, 0.6) is 0 Å². The van der Waals surface area contributed by atoms with Gasteiger partial charge in [0.05, 0.1) is 10.1 Å². The molecule has 1 aromatic rings. The second kappa shape index (κ2) is 4.85. The molecule has 0 bridgehead atoms. The first-order valence-electron chi connectivity index (χ1n) is 7.06. The molecule has 0 amide bonds.